The molecule has 2 aliphatic carbocycles. The van der Waals surface area contributed by atoms with Crippen LogP contribution in [0, 0.1) is 17.8 Å². The molecule has 0 aromatic rings. The molecule has 0 spiro atoms. The lowest BCUT2D eigenvalue weighted by Gasteiger charge is -2.02. The summed E-state index contributed by atoms with van der Waals surface area (Å²) in [6, 6.07) is 0. The maximum atomic E-state index is 11.3. The van der Waals surface area contributed by atoms with Crippen LogP contribution in [0.5, 0.6) is 0 Å². The molecule has 0 saturated heterocycles. The summed E-state index contributed by atoms with van der Waals surface area (Å²) in [5.74, 6) is 2.23. The van der Waals surface area contributed by atoms with Crippen molar-refractivity contribution in [3.8, 4) is 0 Å². The first-order valence-corrected chi connectivity index (χ1v) is 4.40. The fourth-order valence-electron chi connectivity index (χ4n) is 2.11. The summed E-state index contributed by atoms with van der Waals surface area (Å²) in [7, 11) is 0. The van der Waals surface area contributed by atoms with Gasteiger partial charge in [-0.15, -0.1) is 0 Å². The van der Waals surface area contributed by atoms with Crippen LogP contribution in [0.2, 0.25) is 0 Å². The highest BCUT2D eigenvalue weighted by molar-refractivity contribution is 5.92. The number of fused-ring (bicyclic) bond motifs is 1. The zero-order chi connectivity index (χ0) is 8.01. The van der Waals surface area contributed by atoms with Crippen LogP contribution in [-0.4, -0.2) is 5.78 Å². The van der Waals surface area contributed by atoms with Gasteiger partial charge in [-0.3, -0.25) is 4.79 Å². The Kier molecular flexibility index (Phi) is 1.41. The lowest BCUT2D eigenvalue weighted by Crippen LogP contribution is -2.07. The quantitative estimate of drug-likeness (QED) is 0.517. The molecule has 1 nitrogen and oxygen atoms in total. The van der Waals surface area contributed by atoms with Gasteiger partial charge in [0.15, 0.2) is 5.78 Å². The Morgan fingerprint density at radius 2 is 2.18 bits per heavy atom. The molecule has 3 atom stereocenters. The van der Waals surface area contributed by atoms with E-state index in [0.29, 0.717) is 5.78 Å². The topological polar surface area (TPSA) is 17.1 Å². The zero-order valence-electron chi connectivity index (χ0n) is 7.13. The molecular formula is C10H14O. The molecule has 11 heavy (non-hydrogen) atoms. The van der Waals surface area contributed by atoms with Gasteiger partial charge in [0.1, 0.15) is 0 Å². The highest BCUT2D eigenvalue weighted by Gasteiger charge is 2.41. The summed E-state index contributed by atoms with van der Waals surface area (Å²) < 4.78 is 0. The number of hydrogen-bond donors (Lipinski definition) is 0. The van der Waals surface area contributed by atoms with Crippen LogP contribution < -0.4 is 0 Å². The van der Waals surface area contributed by atoms with Crippen molar-refractivity contribution >= 4 is 5.78 Å². The normalized spacial score (nSPS) is 42.5. The molecule has 0 N–H and O–H groups in total. The van der Waals surface area contributed by atoms with Gasteiger partial charge in [0.05, 0.1) is 0 Å². The van der Waals surface area contributed by atoms with Crippen molar-refractivity contribution in [3.05, 3.63) is 11.6 Å². The van der Waals surface area contributed by atoms with Gasteiger partial charge in [0.25, 0.3) is 0 Å². The Hall–Kier alpha value is -0.590. The van der Waals surface area contributed by atoms with Crippen LogP contribution in [0.1, 0.15) is 26.7 Å². The molecule has 1 fully saturated rings. The largest absolute Gasteiger partial charge is 0.295 e. The predicted molar refractivity (Wildman–Crippen MR) is 44.1 cm³/mol. The van der Waals surface area contributed by atoms with E-state index in [1.807, 2.05) is 13.0 Å². The summed E-state index contributed by atoms with van der Waals surface area (Å²) in [6.07, 6.45) is 4.32. The first-order chi connectivity index (χ1) is 5.18. The molecule has 0 aliphatic heterocycles. The van der Waals surface area contributed by atoms with Crippen LogP contribution in [-0.2, 0) is 4.79 Å². The Labute approximate surface area is 67.5 Å². The van der Waals surface area contributed by atoms with E-state index in [4.69, 9.17) is 0 Å². The van der Waals surface area contributed by atoms with Crippen molar-refractivity contribution in [1.29, 1.82) is 0 Å². The first-order valence-electron chi connectivity index (χ1n) is 4.40. The zero-order valence-corrected chi connectivity index (χ0v) is 7.13. The van der Waals surface area contributed by atoms with Crippen molar-refractivity contribution < 1.29 is 4.79 Å². The maximum Gasteiger partial charge on any atom is 0.158 e. The number of carbonyl (C=O) groups is 1. The van der Waals surface area contributed by atoms with E-state index >= 15 is 0 Å². The van der Waals surface area contributed by atoms with Crippen molar-refractivity contribution in [2.24, 2.45) is 17.8 Å². The van der Waals surface area contributed by atoms with Gasteiger partial charge in [-0.05, 0) is 37.7 Å². The average Bonchev–Trinajstić information content (AvgIpc) is 2.66. The summed E-state index contributed by atoms with van der Waals surface area (Å²) in [5.41, 5.74) is 1.32. The summed E-state index contributed by atoms with van der Waals surface area (Å²) >= 11 is 0. The lowest BCUT2D eigenvalue weighted by atomic mass is 10.0. The van der Waals surface area contributed by atoms with Gasteiger partial charge >= 0.3 is 0 Å². The Bertz CT molecular complexity index is 227. The van der Waals surface area contributed by atoms with E-state index in [9.17, 15) is 4.79 Å². The van der Waals surface area contributed by atoms with Crippen LogP contribution in [0.15, 0.2) is 11.6 Å². The van der Waals surface area contributed by atoms with E-state index in [2.05, 4.69) is 6.92 Å². The molecule has 0 aromatic carbocycles. The number of ketones is 1. The van der Waals surface area contributed by atoms with E-state index in [0.717, 1.165) is 18.3 Å². The number of allylic oxidation sites excluding steroid dienone is 2. The van der Waals surface area contributed by atoms with Crippen molar-refractivity contribution in [2.45, 2.75) is 26.7 Å². The molecule has 3 unspecified atom stereocenters. The maximum absolute atomic E-state index is 11.3. The minimum Gasteiger partial charge on any atom is -0.295 e. The minimum absolute atomic E-state index is 0.280. The molecule has 0 bridgehead atoms. The summed E-state index contributed by atoms with van der Waals surface area (Å²) in [4.78, 5) is 11.3. The Balaban J connectivity index is 2.23. The monoisotopic (exact) mass is 150 g/mol. The van der Waals surface area contributed by atoms with Crippen molar-refractivity contribution in [2.75, 3.05) is 0 Å². The van der Waals surface area contributed by atoms with Gasteiger partial charge in [0, 0.05) is 5.92 Å². The standard InChI is InChI=1S/C10H14O/c1-6-4-10(11)7(2)3-8-5-9(6)8/h4,7-9H,3,5H2,1-2H3. The molecule has 1 heteroatoms. The van der Waals surface area contributed by atoms with Crippen LogP contribution in [0.3, 0.4) is 0 Å². The smallest absolute Gasteiger partial charge is 0.158 e. The Morgan fingerprint density at radius 3 is 2.91 bits per heavy atom. The third kappa shape index (κ3) is 1.13. The minimum atomic E-state index is 0.280. The number of hydrogen-bond acceptors (Lipinski definition) is 1. The second-order valence-corrected chi connectivity index (χ2v) is 4.03. The number of rotatable bonds is 0. The van der Waals surface area contributed by atoms with E-state index in [-0.39, 0.29) is 5.92 Å². The first kappa shape index (κ1) is 7.08. The second-order valence-electron chi connectivity index (χ2n) is 4.03. The predicted octanol–water partition coefficient (Wildman–Crippen LogP) is 2.18. The van der Waals surface area contributed by atoms with Gasteiger partial charge in [0.2, 0.25) is 0 Å². The van der Waals surface area contributed by atoms with E-state index in [1.165, 1.54) is 12.0 Å². The number of carbonyl (C=O) groups excluding carboxylic acids is 1. The third-order valence-corrected chi connectivity index (χ3v) is 3.02. The molecule has 0 aromatic heterocycles. The summed E-state index contributed by atoms with van der Waals surface area (Å²) in [6.45, 7) is 4.15. The molecule has 1 saturated carbocycles. The highest BCUT2D eigenvalue weighted by Crippen LogP contribution is 2.49. The molecule has 2 aliphatic rings. The van der Waals surface area contributed by atoms with Crippen molar-refractivity contribution in [3.63, 3.8) is 0 Å². The molecule has 0 heterocycles. The molecule has 0 radical (unpaired) electrons. The van der Waals surface area contributed by atoms with Gasteiger partial charge in [-0.2, -0.15) is 0 Å². The van der Waals surface area contributed by atoms with Crippen LogP contribution in [0.4, 0.5) is 0 Å². The lowest BCUT2D eigenvalue weighted by molar-refractivity contribution is -0.117. The van der Waals surface area contributed by atoms with E-state index < -0.39 is 0 Å². The molecule has 60 valence electrons. The third-order valence-electron chi connectivity index (χ3n) is 3.02. The van der Waals surface area contributed by atoms with Gasteiger partial charge < -0.3 is 0 Å². The van der Waals surface area contributed by atoms with Crippen LogP contribution in [0.25, 0.3) is 0 Å². The molecule has 2 rings (SSSR count). The van der Waals surface area contributed by atoms with Crippen molar-refractivity contribution in [1.82, 2.24) is 0 Å². The molecule has 0 amide bonds. The fraction of sp³-hybridized carbons (Fsp3) is 0.700. The molecular weight excluding hydrogens is 136 g/mol. The van der Waals surface area contributed by atoms with E-state index in [1.54, 1.807) is 0 Å². The fourth-order valence-corrected chi connectivity index (χ4v) is 2.11. The highest BCUT2D eigenvalue weighted by atomic mass is 16.1. The van der Waals surface area contributed by atoms with Gasteiger partial charge in [-0.1, -0.05) is 12.5 Å². The van der Waals surface area contributed by atoms with Gasteiger partial charge in [-0.25, -0.2) is 0 Å². The average molecular weight is 150 g/mol. The SMILES string of the molecule is CC1=CC(=O)C(C)CC2CC12. The second kappa shape index (κ2) is 2.20. The summed E-state index contributed by atoms with van der Waals surface area (Å²) in [5, 5.41) is 0. The van der Waals surface area contributed by atoms with Crippen LogP contribution >= 0.6 is 0 Å². The Morgan fingerprint density at radius 1 is 1.45 bits per heavy atom.